The molecule has 0 N–H and O–H groups in total. The summed E-state index contributed by atoms with van der Waals surface area (Å²) in [7, 11) is 0. The van der Waals surface area contributed by atoms with Gasteiger partial charge in [0.25, 0.3) is 0 Å². The third-order valence-corrected chi connectivity index (χ3v) is 11.2. The number of hydrogen-bond acceptors (Lipinski definition) is 4. The molecule has 0 radical (unpaired) electrons. The van der Waals surface area contributed by atoms with Crippen LogP contribution in [0.25, 0.3) is 111 Å². The van der Waals surface area contributed by atoms with Gasteiger partial charge in [0, 0.05) is 54.7 Å². The highest BCUT2D eigenvalue weighted by molar-refractivity contribution is 6.23. The summed E-state index contributed by atoms with van der Waals surface area (Å²) in [6.45, 7) is 0. The van der Waals surface area contributed by atoms with Crippen molar-refractivity contribution in [2.45, 2.75) is 0 Å². The van der Waals surface area contributed by atoms with Gasteiger partial charge >= 0.3 is 0 Å². The molecule has 0 saturated heterocycles. The number of benzene rings is 8. The van der Waals surface area contributed by atoms with Crippen molar-refractivity contribution in [1.29, 1.82) is 0 Å². The molecule has 57 heavy (non-hydrogen) atoms. The van der Waals surface area contributed by atoms with E-state index in [0.29, 0.717) is 17.6 Å². The minimum atomic E-state index is 0.548. The molecule has 266 valence electrons. The molecule has 0 aliphatic heterocycles. The highest BCUT2D eigenvalue weighted by Gasteiger charge is 2.23. The molecule has 0 bridgehead atoms. The standard InChI is InChI=1S/C51H31N5O/c1-3-15-32(16-4-1)49-52-50(34-18-13-17-33(31-34)36-24-14-25-42-39-23-9-12-28-45(39)57-48(36)42)54-51(53-49)56-44-27-11-8-22-38(44)41-30-29-40-37-21-7-10-26-43(37)55(46(40)47(41)56)35-19-5-2-6-20-35/h1-31H. The number of nitrogens with zero attached hydrogens (tertiary/aromatic N) is 5. The first-order valence-electron chi connectivity index (χ1n) is 19.1. The molecule has 6 nitrogen and oxygen atoms in total. The van der Waals surface area contributed by atoms with E-state index in [1.165, 1.54) is 5.39 Å². The van der Waals surface area contributed by atoms with Crippen LogP contribution in [0.15, 0.2) is 192 Å². The van der Waals surface area contributed by atoms with Crippen LogP contribution < -0.4 is 0 Å². The van der Waals surface area contributed by atoms with Crippen molar-refractivity contribution >= 4 is 65.6 Å². The second-order valence-electron chi connectivity index (χ2n) is 14.4. The van der Waals surface area contributed by atoms with Crippen LogP contribution in [-0.2, 0) is 0 Å². The zero-order valence-electron chi connectivity index (χ0n) is 30.5. The van der Waals surface area contributed by atoms with Crippen LogP contribution in [0, 0.1) is 0 Å². The number of rotatable bonds is 5. The normalized spacial score (nSPS) is 11.9. The molecule has 12 aromatic rings. The SMILES string of the molecule is c1ccc(-c2nc(-c3cccc(-c4cccc5c4oc4ccccc45)c3)nc(-n3c4ccccc4c4ccc5c6ccccc6n(-c6ccccc6)c5c43)n2)cc1. The monoisotopic (exact) mass is 729 g/mol. The Labute approximate surface area is 326 Å². The van der Waals surface area contributed by atoms with Gasteiger partial charge in [-0.25, -0.2) is 4.98 Å². The Morgan fingerprint density at radius 2 is 0.912 bits per heavy atom. The minimum absolute atomic E-state index is 0.548. The Morgan fingerprint density at radius 1 is 0.368 bits per heavy atom. The van der Waals surface area contributed by atoms with Crippen molar-refractivity contribution in [3.63, 3.8) is 0 Å². The summed E-state index contributed by atoms with van der Waals surface area (Å²) in [6, 6.07) is 65.4. The van der Waals surface area contributed by atoms with E-state index in [-0.39, 0.29) is 0 Å². The molecule has 0 unspecified atom stereocenters. The molecule has 0 aliphatic carbocycles. The van der Waals surface area contributed by atoms with Crippen molar-refractivity contribution in [3.05, 3.63) is 188 Å². The van der Waals surface area contributed by atoms with Crippen molar-refractivity contribution in [2.75, 3.05) is 0 Å². The first-order chi connectivity index (χ1) is 28.3. The Hall–Kier alpha value is -7.83. The molecule has 0 atom stereocenters. The van der Waals surface area contributed by atoms with Gasteiger partial charge in [-0.1, -0.05) is 152 Å². The third kappa shape index (κ3) is 4.81. The average Bonchev–Trinajstić information content (AvgIpc) is 3.95. The maximum atomic E-state index is 6.46. The molecule has 0 fully saturated rings. The minimum Gasteiger partial charge on any atom is -0.455 e. The largest absolute Gasteiger partial charge is 0.455 e. The number of aromatic nitrogens is 5. The number of hydrogen-bond donors (Lipinski definition) is 0. The smallest absolute Gasteiger partial charge is 0.238 e. The van der Waals surface area contributed by atoms with Crippen LogP contribution in [0.1, 0.15) is 0 Å². The van der Waals surface area contributed by atoms with Gasteiger partial charge in [-0.2, -0.15) is 9.97 Å². The summed E-state index contributed by atoms with van der Waals surface area (Å²) in [4.78, 5) is 15.8. The van der Waals surface area contributed by atoms with Crippen LogP contribution in [0.2, 0.25) is 0 Å². The van der Waals surface area contributed by atoms with E-state index in [1.807, 2.05) is 30.3 Å². The van der Waals surface area contributed by atoms with Crippen LogP contribution in [0.5, 0.6) is 0 Å². The summed E-state index contributed by atoms with van der Waals surface area (Å²) < 4.78 is 11.1. The Bertz CT molecular complexity index is 3520. The van der Waals surface area contributed by atoms with Crippen molar-refractivity contribution in [1.82, 2.24) is 24.1 Å². The lowest BCUT2D eigenvalue weighted by Gasteiger charge is -2.13. The molecule has 4 heterocycles. The van der Waals surface area contributed by atoms with Gasteiger partial charge in [0.2, 0.25) is 5.95 Å². The Morgan fingerprint density at radius 3 is 1.67 bits per heavy atom. The fourth-order valence-electron chi connectivity index (χ4n) is 8.66. The van der Waals surface area contributed by atoms with Gasteiger partial charge in [-0.3, -0.25) is 4.57 Å². The van der Waals surface area contributed by atoms with E-state index < -0.39 is 0 Å². The topological polar surface area (TPSA) is 61.7 Å². The molecule has 0 spiro atoms. The lowest BCUT2D eigenvalue weighted by Crippen LogP contribution is -2.07. The Balaban J connectivity index is 1.15. The highest BCUT2D eigenvalue weighted by Crippen LogP contribution is 2.42. The Kier molecular flexibility index (Phi) is 6.83. The van der Waals surface area contributed by atoms with Crippen molar-refractivity contribution in [2.24, 2.45) is 0 Å². The van der Waals surface area contributed by atoms with Crippen LogP contribution in [0.4, 0.5) is 0 Å². The van der Waals surface area contributed by atoms with Gasteiger partial charge in [-0.15, -0.1) is 0 Å². The predicted molar refractivity (Wildman–Crippen MR) is 232 cm³/mol. The molecule has 8 aromatic carbocycles. The molecule has 0 saturated carbocycles. The van der Waals surface area contributed by atoms with Gasteiger partial charge in [-0.05, 0) is 42.0 Å². The molecule has 6 heteroatoms. The summed E-state index contributed by atoms with van der Waals surface area (Å²) in [5.41, 5.74) is 10.9. The number of furan rings is 1. The zero-order chi connectivity index (χ0) is 37.5. The predicted octanol–water partition coefficient (Wildman–Crippen LogP) is 13.0. The van der Waals surface area contributed by atoms with Crippen LogP contribution >= 0.6 is 0 Å². The zero-order valence-corrected chi connectivity index (χ0v) is 30.5. The van der Waals surface area contributed by atoms with E-state index in [9.17, 15) is 0 Å². The van der Waals surface area contributed by atoms with E-state index in [4.69, 9.17) is 19.4 Å². The summed E-state index contributed by atoms with van der Waals surface area (Å²) in [5, 5.41) is 6.80. The van der Waals surface area contributed by atoms with E-state index in [0.717, 1.165) is 88.1 Å². The molecular formula is C51H31N5O. The molecule has 12 rings (SSSR count). The lowest BCUT2D eigenvalue weighted by atomic mass is 10.0. The number of fused-ring (bicyclic) bond motifs is 10. The summed E-state index contributed by atoms with van der Waals surface area (Å²) in [5.74, 6) is 1.73. The number of para-hydroxylation sites is 5. The fraction of sp³-hybridized carbons (Fsp3) is 0. The van der Waals surface area contributed by atoms with Crippen molar-refractivity contribution in [3.8, 4) is 45.5 Å². The van der Waals surface area contributed by atoms with Gasteiger partial charge in [0.15, 0.2) is 11.6 Å². The quantitative estimate of drug-likeness (QED) is 0.177. The molecule has 0 aliphatic rings. The highest BCUT2D eigenvalue weighted by atomic mass is 16.3. The van der Waals surface area contributed by atoms with Crippen LogP contribution in [0.3, 0.4) is 0 Å². The summed E-state index contributed by atoms with van der Waals surface area (Å²) >= 11 is 0. The van der Waals surface area contributed by atoms with Gasteiger partial charge in [0.1, 0.15) is 11.2 Å². The third-order valence-electron chi connectivity index (χ3n) is 11.2. The first kappa shape index (κ1) is 31.5. The average molecular weight is 730 g/mol. The van der Waals surface area contributed by atoms with Gasteiger partial charge < -0.3 is 8.98 Å². The maximum Gasteiger partial charge on any atom is 0.238 e. The second kappa shape index (κ2) is 12.3. The molecule has 0 amide bonds. The van der Waals surface area contributed by atoms with Gasteiger partial charge in [0.05, 0.1) is 22.1 Å². The molecule has 4 aromatic heterocycles. The van der Waals surface area contributed by atoms with E-state index >= 15 is 0 Å². The second-order valence-corrected chi connectivity index (χ2v) is 14.4. The maximum absolute atomic E-state index is 6.46. The van der Waals surface area contributed by atoms with E-state index in [1.54, 1.807) is 0 Å². The molecular weight excluding hydrogens is 699 g/mol. The van der Waals surface area contributed by atoms with Crippen LogP contribution in [-0.4, -0.2) is 24.1 Å². The fourth-order valence-corrected chi connectivity index (χ4v) is 8.66. The first-order valence-corrected chi connectivity index (χ1v) is 19.1. The summed E-state index contributed by atoms with van der Waals surface area (Å²) in [6.07, 6.45) is 0. The van der Waals surface area contributed by atoms with E-state index in [2.05, 4.69) is 167 Å². The van der Waals surface area contributed by atoms with Crippen molar-refractivity contribution < 1.29 is 4.42 Å². The lowest BCUT2D eigenvalue weighted by molar-refractivity contribution is 0.670.